The van der Waals surface area contributed by atoms with E-state index in [1.54, 1.807) is 37.3 Å². The van der Waals surface area contributed by atoms with Crippen LogP contribution in [0.15, 0.2) is 47.6 Å². The number of amides is 3. The Morgan fingerprint density at radius 3 is 2.26 bits per heavy atom. The van der Waals surface area contributed by atoms with Crippen molar-refractivity contribution < 1.29 is 23.9 Å². The number of nitrogens with zero attached hydrogens (tertiary/aromatic N) is 1. The van der Waals surface area contributed by atoms with E-state index in [2.05, 4.69) is 21.2 Å². The van der Waals surface area contributed by atoms with Gasteiger partial charge < -0.3 is 20.1 Å². The molecule has 0 unspecified atom stereocenters. The van der Waals surface area contributed by atoms with Gasteiger partial charge in [-0.1, -0.05) is 19.1 Å². The van der Waals surface area contributed by atoms with Crippen molar-refractivity contribution >= 4 is 34.8 Å². The van der Waals surface area contributed by atoms with Crippen LogP contribution in [0.4, 0.5) is 11.4 Å². The number of rotatable bonds is 8. The molecule has 2 aromatic rings. The molecule has 0 aromatic heterocycles. The topological polar surface area (TPSA) is 118 Å². The maximum absolute atomic E-state index is 12.3. The summed E-state index contributed by atoms with van der Waals surface area (Å²) in [6.07, 6.45) is 0.779. The number of ether oxygens (including phenoxy) is 2. The second-order valence-corrected chi connectivity index (χ2v) is 6.58. The summed E-state index contributed by atoms with van der Waals surface area (Å²) in [6, 6.07) is 12.2. The maximum atomic E-state index is 12.3. The van der Waals surface area contributed by atoms with Gasteiger partial charge >= 0.3 is 11.8 Å². The van der Waals surface area contributed by atoms with Gasteiger partial charge in [-0.3, -0.25) is 14.4 Å². The molecule has 0 atom stereocenters. The normalized spacial score (nSPS) is 10.8. The Hall–Kier alpha value is -3.88. The first-order valence-electron chi connectivity index (χ1n) is 9.61. The first kappa shape index (κ1) is 23.4. The number of aryl methyl sites for hydroxylation is 1. The lowest BCUT2D eigenvalue weighted by molar-refractivity contribution is -0.136. The molecular weight excluding hydrogens is 400 g/mol. The quantitative estimate of drug-likeness (QED) is 0.341. The lowest BCUT2D eigenvalue weighted by Gasteiger charge is -2.11. The fourth-order valence-electron chi connectivity index (χ4n) is 2.59. The lowest BCUT2D eigenvalue weighted by atomic mass is 10.1. The highest BCUT2D eigenvalue weighted by Crippen LogP contribution is 2.28. The summed E-state index contributed by atoms with van der Waals surface area (Å²) in [6.45, 7) is 3.58. The lowest BCUT2D eigenvalue weighted by Crippen LogP contribution is -2.33. The third kappa shape index (κ3) is 7.14. The molecule has 9 heteroatoms. The SMILES string of the molecule is CCc1ccc(NC(=O)C(=O)N/N=C(\C)CC(=O)Nc2cc(OC)ccc2OC)cc1. The standard InChI is InChI=1S/C22H26N4O5/c1-5-15-6-8-16(9-7-15)23-21(28)22(29)26-25-14(2)12-20(27)24-18-13-17(30-3)10-11-19(18)31-4/h6-11,13H,5,12H2,1-4H3,(H,23,28)(H,24,27)(H,26,29)/b25-14+. The van der Waals surface area contributed by atoms with E-state index in [9.17, 15) is 14.4 Å². The molecule has 0 aliphatic rings. The van der Waals surface area contributed by atoms with Gasteiger partial charge in [0.05, 0.1) is 26.3 Å². The number of benzene rings is 2. The van der Waals surface area contributed by atoms with E-state index in [0.29, 0.717) is 28.6 Å². The third-order valence-corrected chi connectivity index (χ3v) is 4.27. The van der Waals surface area contributed by atoms with Crippen molar-refractivity contribution in [2.24, 2.45) is 5.10 Å². The van der Waals surface area contributed by atoms with Crippen molar-refractivity contribution in [2.45, 2.75) is 26.7 Å². The molecule has 0 saturated heterocycles. The van der Waals surface area contributed by atoms with Gasteiger partial charge in [-0.25, -0.2) is 5.43 Å². The zero-order valence-corrected chi connectivity index (χ0v) is 17.9. The Labute approximate surface area is 180 Å². The van der Waals surface area contributed by atoms with Gasteiger partial charge in [-0.05, 0) is 43.2 Å². The molecule has 2 rings (SSSR count). The molecule has 0 spiro atoms. The predicted molar refractivity (Wildman–Crippen MR) is 118 cm³/mol. The van der Waals surface area contributed by atoms with Crippen LogP contribution in [-0.4, -0.2) is 37.7 Å². The smallest absolute Gasteiger partial charge is 0.329 e. The van der Waals surface area contributed by atoms with Crippen LogP contribution in [0.5, 0.6) is 11.5 Å². The fraction of sp³-hybridized carbons (Fsp3) is 0.273. The first-order chi connectivity index (χ1) is 14.9. The number of anilines is 2. The fourth-order valence-corrected chi connectivity index (χ4v) is 2.59. The Morgan fingerprint density at radius 1 is 0.935 bits per heavy atom. The molecule has 3 N–H and O–H groups in total. The molecule has 31 heavy (non-hydrogen) atoms. The van der Waals surface area contributed by atoms with Gasteiger partial charge in [0.2, 0.25) is 5.91 Å². The van der Waals surface area contributed by atoms with E-state index in [-0.39, 0.29) is 12.3 Å². The van der Waals surface area contributed by atoms with Crippen molar-refractivity contribution in [2.75, 3.05) is 24.9 Å². The molecule has 0 aliphatic heterocycles. The molecule has 0 saturated carbocycles. The summed E-state index contributed by atoms with van der Waals surface area (Å²) in [7, 11) is 3.01. The average Bonchev–Trinajstić information content (AvgIpc) is 2.77. The molecule has 0 fully saturated rings. The summed E-state index contributed by atoms with van der Waals surface area (Å²) in [4.78, 5) is 36.2. The highest BCUT2D eigenvalue weighted by Gasteiger charge is 2.14. The van der Waals surface area contributed by atoms with Gasteiger partial charge in [-0.15, -0.1) is 0 Å². The molecule has 0 aliphatic carbocycles. The van der Waals surface area contributed by atoms with Gasteiger partial charge in [0.15, 0.2) is 0 Å². The summed E-state index contributed by atoms with van der Waals surface area (Å²) in [5.41, 5.74) is 4.52. The number of carbonyl (C=O) groups is 3. The molecule has 0 heterocycles. The zero-order chi connectivity index (χ0) is 22.8. The number of hydrogen-bond donors (Lipinski definition) is 3. The Balaban J connectivity index is 1.89. The number of hydrogen-bond acceptors (Lipinski definition) is 6. The van der Waals surface area contributed by atoms with E-state index < -0.39 is 11.8 Å². The van der Waals surface area contributed by atoms with Crippen molar-refractivity contribution in [1.29, 1.82) is 0 Å². The second kappa shape index (κ2) is 11.3. The molecular formula is C22H26N4O5. The van der Waals surface area contributed by atoms with Gasteiger partial charge in [-0.2, -0.15) is 5.10 Å². The Bertz CT molecular complexity index is 970. The average molecular weight is 426 g/mol. The number of nitrogens with one attached hydrogen (secondary N) is 3. The second-order valence-electron chi connectivity index (χ2n) is 6.58. The summed E-state index contributed by atoms with van der Waals surface area (Å²) in [5.74, 6) is -1.13. The number of methoxy groups -OCH3 is 2. The largest absolute Gasteiger partial charge is 0.497 e. The zero-order valence-electron chi connectivity index (χ0n) is 17.9. The van der Waals surface area contributed by atoms with Crippen LogP contribution in [-0.2, 0) is 20.8 Å². The summed E-state index contributed by atoms with van der Waals surface area (Å²) < 4.78 is 10.4. The Morgan fingerprint density at radius 2 is 1.65 bits per heavy atom. The van der Waals surface area contributed by atoms with E-state index in [0.717, 1.165) is 12.0 Å². The highest BCUT2D eigenvalue weighted by molar-refractivity contribution is 6.39. The van der Waals surface area contributed by atoms with E-state index in [1.165, 1.54) is 14.2 Å². The predicted octanol–water partition coefficient (Wildman–Crippen LogP) is 2.73. The van der Waals surface area contributed by atoms with Gasteiger partial charge in [0.1, 0.15) is 11.5 Å². The monoisotopic (exact) mass is 426 g/mol. The van der Waals surface area contributed by atoms with Crippen molar-refractivity contribution in [1.82, 2.24) is 5.43 Å². The third-order valence-electron chi connectivity index (χ3n) is 4.27. The van der Waals surface area contributed by atoms with Crippen LogP contribution in [0.25, 0.3) is 0 Å². The molecule has 2 aromatic carbocycles. The van der Waals surface area contributed by atoms with Crippen LogP contribution in [0.2, 0.25) is 0 Å². The molecule has 0 radical (unpaired) electrons. The van der Waals surface area contributed by atoms with Crippen LogP contribution in [0, 0.1) is 0 Å². The van der Waals surface area contributed by atoms with E-state index >= 15 is 0 Å². The molecule has 9 nitrogen and oxygen atoms in total. The first-order valence-corrected chi connectivity index (χ1v) is 9.61. The minimum Gasteiger partial charge on any atom is -0.497 e. The Kier molecular flexibility index (Phi) is 8.56. The van der Waals surface area contributed by atoms with Gasteiger partial charge in [0.25, 0.3) is 0 Å². The minimum atomic E-state index is -0.936. The number of carbonyl (C=O) groups excluding carboxylic acids is 3. The van der Waals surface area contributed by atoms with E-state index in [1.807, 2.05) is 19.1 Å². The van der Waals surface area contributed by atoms with Crippen LogP contribution >= 0.6 is 0 Å². The van der Waals surface area contributed by atoms with Crippen LogP contribution < -0.4 is 25.5 Å². The van der Waals surface area contributed by atoms with E-state index in [4.69, 9.17) is 9.47 Å². The van der Waals surface area contributed by atoms with Crippen molar-refractivity contribution in [3.63, 3.8) is 0 Å². The highest BCUT2D eigenvalue weighted by atomic mass is 16.5. The summed E-state index contributed by atoms with van der Waals surface area (Å²) >= 11 is 0. The maximum Gasteiger partial charge on any atom is 0.329 e. The number of hydrazone groups is 1. The van der Waals surface area contributed by atoms with Crippen LogP contribution in [0.3, 0.4) is 0 Å². The van der Waals surface area contributed by atoms with Crippen LogP contribution in [0.1, 0.15) is 25.8 Å². The van der Waals surface area contributed by atoms with Gasteiger partial charge in [0, 0.05) is 17.5 Å². The molecule has 0 bridgehead atoms. The van der Waals surface area contributed by atoms with Crippen molar-refractivity contribution in [3.05, 3.63) is 48.0 Å². The minimum absolute atomic E-state index is 0.0965. The van der Waals surface area contributed by atoms with Crippen molar-refractivity contribution in [3.8, 4) is 11.5 Å². The summed E-state index contributed by atoms with van der Waals surface area (Å²) in [5, 5.41) is 9.00. The molecule has 3 amide bonds. The molecule has 164 valence electrons.